The smallest absolute Gasteiger partial charge is 0 e. The maximum Gasteiger partial charge on any atom is 0 e. The van der Waals surface area contributed by atoms with Crippen LogP contribution in [0, 0.1) is 0 Å². The first-order valence-electron chi connectivity index (χ1n) is 0. The van der Waals surface area contributed by atoms with E-state index in [-0.39, 0.29) is 111 Å². The third-order valence-corrected chi connectivity index (χ3v) is 0. The van der Waals surface area contributed by atoms with Gasteiger partial charge in [0, 0.05) is 106 Å². The molecule has 6 heteroatoms. The fourth-order valence-electron chi connectivity index (χ4n) is 0. The van der Waals surface area contributed by atoms with Crippen LogP contribution in [-0.4, -0.2) is 74.7 Å². The summed E-state index contributed by atoms with van der Waals surface area (Å²) >= 11 is 0. The molecule has 0 heterocycles. The summed E-state index contributed by atoms with van der Waals surface area (Å²) in [7, 11) is 0. The van der Waals surface area contributed by atoms with Crippen LogP contribution < -0.4 is 0 Å². The molecule has 1 nitrogen and oxygen atoms in total. The maximum absolute atomic E-state index is 0. The van der Waals surface area contributed by atoms with Gasteiger partial charge in [-0.05, 0) is 0 Å². The van der Waals surface area contributed by atoms with Crippen molar-refractivity contribution in [3.05, 3.63) is 0 Å². The molecule has 0 aliphatic heterocycles. The average molecular weight is 214 g/mol. The van der Waals surface area contributed by atoms with Gasteiger partial charge in [0.2, 0.25) is 0 Å². The number of hydrogen-bond donors (Lipinski definition) is 0. The van der Waals surface area contributed by atoms with E-state index in [1.165, 1.54) is 0 Å². The molecule has 0 aromatic rings. The van der Waals surface area contributed by atoms with Gasteiger partial charge < -0.3 is 5.48 Å². The second-order valence-corrected chi connectivity index (χ2v) is 0. The molecule has 0 aliphatic carbocycles. The molecule has 0 unspecified atom stereocenters. The van der Waals surface area contributed by atoms with Crippen molar-refractivity contribution in [1.29, 1.82) is 0 Å². The predicted octanol–water partition coefficient (Wildman–Crippen LogP) is -1.97. The van der Waals surface area contributed by atoms with Crippen LogP contribution in [0.15, 0.2) is 0 Å². The fourth-order valence-corrected chi connectivity index (χ4v) is 0. The zero-order valence-electron chi connectivity index (χ0n) is 3.55. The molecule has 0 aromatic heterocycles. The van der Waals surface area contributed by atoms with E-state index in [0.29, 0.717) is 0 Å². The van der Waals surface area contributed by atoms with Crippen molar-refractivity contribution < 1.29 is 42.0 Å². The molecule has 0 bridgehead atoms. The molecule has 0 atom stereocenters. The minimum absolute atomic E-state index is 0. The summed E-state index contributed by atoms with van der Waals surface area (Å²) in [5.74, 6) is 0. The Labute approximate surface area is 109 Å². The van der Waals surface area contributed by atoms with E-state index >= 15 is 0 Å². The van der Waals surface area contributed by atoms with Gasteiger partial charge in [-0.1, -0.05) is 0 Å². The topological polar surface area (TPSA) is 31.5 Å². The molecule has 7 radical (unpaired) electrons. The second-order valence-electron chi connectivity index (χ2n) is 0. The zero-order chi connectivity index (χ0) is 0. The Kier molecular flexibility index (Phi) is 419. The van der Waals surface area contributed by atoms with Crippen LogP contribution in [-0.2, 0) is 36.5 Å². The summed E-state index contributed by atoms with van der Waals surface area (Å²) in [5.41, 5.74) is 0. The van der Waals surface area contributed by atoms with Gasteiger partial charge in [0.05, 0.1) is 0 Å². The van der Waals surface area contributed by atoms with Gasteiger partial charge in [0.15, 0.2) is 0 Å². The van der Waals surface area contributed by atoms with Crippen molar-refractivity contribution in [3.63, 3.8) is 0 Å². The molecule has 0 aromatic carbocycles. The monoisotopic (exact) mass is 213 g/mol. The summed E-state index contributed by atoms with van der Waals surface area (Å²) in [6, 6.07) is 0. The van der Waals surface area contributed by atoms with Gasteiger partial charge in [-0.2, -0.15) is 0 Å². The largest absolute Gasteiger partial charge is 0.412 e. The normalized spacial score (nSPS) is 0. The molecular weight excluding hydrogens is 212 g/mol. The van der Waals surface area contributed by atoms with Crippen molar-refractivity contribution in [2.24, 2.45) is 0 Å². The van der Waals surface area contributed by atoms with E-state index in [0.717, 1.165) is 0 Å². The second kappa shape index (κ2) is 41.6. The summed E-state index contributed by atoms with van der Waals surface area (Å²) in [5, 5.41) is 0. The number of rotatable bonds is 0. The summed E-state index contributed by atoms with van der Waals surface area (Å²) in [6.07, 6.45) is 0. The summed E-state index contributed by atoms with van der Waals surface area (Å²) in [4.78, 5) is 0. The van der Waals surface area contributed by atoms with Crippen LogP contribution in [0.2, 0.25) is 0 Å². The SMILES string of the molecule is O.[B].[Ca].[Fe].[Mg].[Zn]. The van der Waals surface area contributed by atoms with Crippen molar-refractivity contribution in [2.75, 3.05) is 0 Å². The quantitative estimate of drug-likeness (QED) is 0.419. The van der Waals surface area contributed by atoms with Crippen molar-refractivity contribution >= 4 is 69.2 Å². The molecule has 0 amide bonds. The zero-order valence-corrected chi connectivity index (χ0v) is 11.2. The fraction of sp³-hybridized carbons (Fsp3) is 0. The van der Waals surface area contributed by atoms with E-state index in [1.807, 2.05) is 0 Å². The van der Waals surface area contributed by atoms with Crippen LogP contribution in [0.5, 0.6) is 0 Å². The first kappa shape index (κ1) is 60.5. The molecule has 0 saturated heterocycles. The van der Waals surface area contributed by atoms with Crippen LogP contribution in [0.25, 0.3) is 0 Å². The van der Waals surface area contributed by atoms with Gasteiger partial charge in [0.1, 0.15) is 0 Å². The van der Waals surface area contributed by atoms with Crippen molar-refractivity contribution in [1.82, 2.24) is 0 Å². The Morgan fingerprint density at radius 1 is 1.00 bits per heavy atom. The van der Waals surface area contributed by atoms with E-state index in [4.69, 9.17) is 0 Å². The van der Waals surface area contributed by atoms with Gasteiger partial charge >= 0.3 is 0 Å². The molecule has 0 spiro atoms. The van der Waals surface area contributed by atoms with Crippen LogP contribution >= 0.6 is 0 Å². The maximum atomic E-state index is 0. The minimum atomic E-state index is 0. The van der Waals surface area contributed by atoms with Crippen molar-refractivity contribution in [2.45, 2.75) is 0 Å². The van der Waals surface area contributed by atoms with Crippen LogP contribution in [0.1, 0.15) is 0 Å². The third kappa shape index (κ3) is 27.1. The average Bonchev–Trinajstić information content (AvgIpc) is 0. The molecule has 6 heavy (non-hydrogen) atoms. The summed E-state index contributed by atoms with van der Waals surface area (Å²) in [6.45, 7) is 0. The molecular formula is H2BCaFeMgOZn. The van der Waals surface area contributed by atoms with E-state index in [1.54, 1.807) is 0 Å². The number of hydrogen-bond acceptors (Lipinski definition) is 0. The first-order chi connectivity index (χ1) is 0. The Balaban J connectivity index is 0. The van der Waals surface area contributed by atoms with E-state index < -0.39 is 0 Å². The predicted molar refractivity (Wildman–Crippen MR) is 20.9 cm³/mol. The standard InChI is InChI=1S/B.Ca.Fe.Mg.H2O.Zn/h;;;;1H2;. The third-order valence-electron chi connectivity index (χ3n) is 0. The Morgan fingerprint density at radius 3 is 1.00 bits per heavy atom. The molecule has 0 fully saturated rings. The summed E-state index contributed by atoms with van der Waals surface area (Å²) < 4.78 is 0. The Hall–Kier alpha value is 3.19. The van der Waals surface area contributed by atoms with Crippen LogP contribution in [0.3, 0.4) is 0 Å². The molecule has 25 valence electrons. The first-order valence-corrected chi connectivity index (χ1v) is 0. The van der Waals surface area contributed by atoms with Crippen molar-refractivity contribution in [3.8, 4) is 0 Å². The molecule has 2 N–H and O–H groups in total. The Morgan fingerprint density at radius 2 is 1.00 bits per heavy atom. The van der Waals surface area contributed by atoms with Gasteiger partial charge in [-0.3, -0.25) is 0 Å². The van der Waals surface area contributed by atoms with E-state index in [2.05, 4.69) is 0 Å². The minimum Gasteiger partial charge on any atom is -0.412 e. The van der Waals surface area contributed by atoms with Gasteiger partial charge in [-0.15, -0.1) is 0 Å². The Bertz CT molecular complexity index is 15.5. The molecule has 0 saturated carbocycles. The van der Waals surface area contributed by atoms with E-state index in [9.17, 15) is 0 Å². The van der Waals surface area contributed by atoms with Gasteiger partial charge in [0.25, 0.3) is 0 Å². The van der Waals surface area contributed by atoms with Crippen LogP contribution in [0.4, 0.5) is 0 Å². The molecule has 0 aliphatic rings. The molecule has 0 rings (SSSR count). The van der Waals surface area contributed by atoms with Gasteiger partial charge in [-0.25, -0.2) is 0 Å².